The van der Waals surface area contributed by atoms with Gasteiger partial charge in [-0.3, -0.25) is 0 Å². The summed E-state index contributed by atoms with van der Waals surface area (Å²) in [6.45, 7) is 0. The molecule has 0 saturated heterocycles. The Morgan fingerprint density at radius 3 is 3.18 bits per heavy atom. The Labute approximate surface area is 67.1 Å². The molecule has 0 radical (unpaired) electrons. The van der Waals surface area contributed by atoms with Gasteiger partial charge in [-0.25, -0.2) is 0 Å². The van der Waals surface area contributed by atoms with Crippen LogP contribution >= 0.6 is 11.3 Å². The summed E-state index contributed by atoms with van der Waals surface area (Å²) >= 11 is 1.49. The molecule has 0 spiro atoms. The molecule has 11 heavy (non-hydrogen) atoms. The Balaban J connectivity index is 2.90. The van der Waals surface area contributed by atoms with Crippen LogP contribution in [0.1, 0.15) is 5.56 Å². The Bertz CT molecular complexity index is 432. The zero-order valence-corrected chi connectivity index (χ0v) is 6.40. The first kappa shape index (κ1) is 6.25. The van der Waals surface area contributed by atoms with E-state index in [0.29, 0.717) is 11.3 Å². The molecule has 0 aromatic carbocycles. The summed E-state index contributed by atoms with van der Waals surface area (Å²) in [6, 6.07) is 2.09. The molecular weight excluding hydrogens is 158 g/mol. The molecule has 0 aliphatic heterocycles. The van der Waals surface area contributed by atoms with Gasteiger partial charge in [0.15, 0.2) is 0 Å². The van der Waals surface area contributed by atoms with Crippen molar-refractivity contribution >= 4 is 27.2 Å². The van der Waals surface area contributed by atoms with Crippen LogP contribution in [0.5, 0.6) is 0 Å². The molecule has 3 nitrogen and oxygen atoms in total. The number of nitrogen functional groups attached to an aromatic ring is 1. The normalized spacial score (nSPS) is 10.1. The van der Waals surface area contributed by atoms with Crippen LogP contribution in [0.15, 0.2) is 11.6 Å². The van der Waals surface area contributed by atoms with Crippen molar-refractivity contribution in [3.8, 4) is 6.07 Å². The van der Waals surface area contributed by atoms with E-state index in [0.717, 1.165) is 10.2 Å². The second-order valence-electron chi connectivity index (χ2n) is 2.21. The number of nitrogens with two attached hydrogens (primary N) is 1. The fourth-order valence-electron chi connectivity index (χ4n) is 1.01. The van der Waals surface area contributed by atoms with Crippen LogP contribution in [0.25, 0.3) is 10.2 Å². The molecule has 0 fully saturated rings. The fourth-order valence-corrected chi connectivity index (χ4v) is 1.90. The van der Waals surface area contributed by atoms with Crippen molar-refractivity contribution in [3.63, 3.8) is 0 Å². The monoisotopic (exact) mass is 163 g/mol. The molecule has 2 aromatic heterocycles. The summed E-state index contributed by atoms with van der Waals surface area (Å²) in [5.41, 5.74) is 7.88. The zero-order chi connectivity index (χ0) is 7.84. The number of hydrogen-bond donors (Lipinski definition) is 2. The van der Waals surface area contributed by atoms with E-state index in [9.17, 15) is 0 Å². The van der Waals surface area contributed by atoms with Gasteiger partial charge in [0.05, 0.1) is 21.5 Å². The van der Waals surface area contributed by atoms with Crippen LogP contribution in [0.3, 0.4) is 0 Å². The highest BCUT2D eigenvalue weighted by Crippen LogP contribution is 2.29. The van der Waals surface area contributed by atoms with E-state index in [-0.39, 0.29) is 0 Å². The zero-order valence-electron chi connectivity index (χ0n) is 5.59. The van der Waals surface area contributed by atoms with Crippen molar-refractivity contribution in [1.29, 1.82) is 5.26 Å². The van der Waals surface area contributed by atoms with Crippen LogP contribution in [0.2, 0.25) is 0 Å². The van der Waals surface area contributed by atoms with E-state index in [1.807, 2.05) is 5.38 Å². The molecule has 2 heterocycles. The highest BCUT2D eigenvalue weighted by molar-refractivity contribution is 7.18. The van der Waals surface area contributed by atoms with Gasteiger partial charge in [-0.1, -0.05) is 0 Å². The lowest BCUT2D eigenvalue weighted by atomic mass is 10.3. The molecule has 2 rings (SSSR count). The minimum atomic E-state index is 0.668. The number of thiophene rings is 1. The number of anilines is 1. The van der Waals surface area contributed by atoms with E-state index in [2.05, 4.69) is 11.1 Å². The first-order valence-electron chi connectivity index (χ1n) is 3.07. The van der Waals surface area contributed by atoms with Crippen LogP contribution in [-0.4, -0.2) is 4.98 Å². The van der Waals surface area contributed by atoms with Crippen molar-refractivity contribution in [2.24, 2.45) is 0 Å². The average molecular weight is 163 g/mol. The van der Waals surface area contributed by atoms with Gasteiger partial charge in [-0.05, 0) is 0 Å². The highest BCUT2D eigenvalue weighted by Gasteiger charge is 2.06. The van der Waals surface area contributed by atoms with Gasteiger partial charge >= 0.3 is 0 Å². The molecule has 2 aromatic rings. The van der Waals surface area contributed by atoms with Crippen molar-refractivity contribution in [1.82, 2.24) is 4.98 Å². The molecule has 0 unspecified atom stereocenters. The maximum atomic E-state index is 8.63. The first-order valence-corrected chi connectivity index (χ1v) is 3.95. The molecular formula is C7H5N3S. The van der Waals surface area contributed by atoms with Gasteiger partial charge in [-0.2, -0.15) is 5.26 Å². The van der Waals surface area contributed by atoms with Gasteiger partial charge in [0.1, 0.15) is 6.07 Å². The summed E-state index contributed by atoms with van der Waals surface area (Å²) in [5.74, 6) is 0. The third kappa shape index (κ3) is 0.717. The van der Waals surface area contributed by atoms with E-state index in [1.54, 1.807) is 6.20 Å². The Morgan fingerprint density at radius 2 is 2.45 bits per heavy atom. The van der Waals surface area contributed by atoms with Crippen molar-refractivity contribution in [3.05, 3.63) is 17.1 Å². The first-order chi connectivity index (χ1) is 5.33. The Hall–Kier alpha value is -1.47. The number of nitriles is 1. The number of rotatable bonds is 0. The summed E-state index contributed by atoms with van der Waals surface area (Å²) in [6.07, 6.45) is 1.68. The topological polar surface area (TPSA) is 65.6 Å². The maximum absolute atomic E-state index is 8.63. The number of aromatic nitrogens is 1. The SMILES string of the molecule is N#Cc1c[nH]c2c(N)csc12. The van der Waals surface area contributed by atoms with Gasteiger partial charge in [0, 0.05) is 11.6 Å². The van der Waals surface area contributed by atoms with E-state index in [1.165, 1.54) is 11.3 Å². The van der Waals surface area contributed by atoms with E-state index >= 15 is 0 Å². The average Bonchev–Trinajstić information content (AvgIpc) is 2.53. The lowest BCUT2D eigenvalue weighted by molar-refractivity contribution is 1.45. The largest absolute Gasteiger partial charge is 0.396 e. The predicted molar refractivity (Wildman–Crippen MR) is 45.3 cm³/mol. The van der Waals surface area contributed by atoms with Gasteiger partial charge < -0.3 is 10.7 Å². The number of H-pyrrole nitrogens is 1. The molecule has 0 amide bonds. The maximum Gasteiger partial charge on any atom is 0.102 e. The molecule has 0 aliphatic carbocycles. The van der Waals surface area contributed by atoms with Gasteiger partial charge in [-0.15, -0.1) is 11.3 Å². The number of hydrogen-bond acceptors (Lipinski definition) is 3. The summed E-state index contributed by atoms with van der Waals surface area (Å²) < 4.78 is 0.949. The Kier molecular flexibility index (Phi) is 1.14. The highest BCUT2D eigenvalue weighted by atomic mass is 32.1. The van der Waals surface area contributed by atoms with Crippen molar-refractivity contribution in [2.75, 3.05) is 5.73 Å². The molecule has 0 atom stereocenters. The smallest absolute Gasteiger partial charge is 0.102 e. The quantitative estimate of drug-likeness (QED) is 0.620. The van der Waals surface area contributed by atoms with Crippen LogP contribution in [0.4, 0.5) is 5.69 Å². The molecule has 0 saturated carbocycles. The van der Waals surface area contributed by atoms with E-state index < -0.39 is 0 Å². The summed E-state index contributed by atoms with van der Waals surface area (Å²) in [7, 11) is 0. The number of fused-ring (bicyclic) bond motifs is 1. The minimum Gasteiger partial charge on any atom is -0.396 e. The van der Waals surface area contributed by atoms with Gasteiger partial charge in [0.25, 0.3) is 0 Å². The van der Waals surface area contributed by atoms with E-state index in [4.69, 9.17) is 11.0 Å². The lowest BCUT2D eigenvalue weighted by Crippen LogP contribution is -1.78. The fraction of sp³-hybridized carbons (Fsp3) is 0. The third-order valence-corrected chi connectivity index (χ3v) is 2.58. The molecule has 0 aliphatic rings. The second kappa shape index (κ2) is 2.01. The molecule has 54 valence electrons. The van der Waals surface area contributed by atoms with Gasteiger partial charge in [0.2, 0.25) is 0 Å². The number of nitrogens with zero attached hydrogens (tertiary/aromatic N) is 1. The van der Waals surface area contributed by atoms with Crippen LogP contribution in [0, 0.1) is 11.3 Å². The van der Waals surface area contributed by atoms with Crippen LogP contribution in [-0.2, 0) is 0 Å². The summed E-state index contributed by atoms with van der Waals surface area (Å²) in [5, 5.41) is 10.5. The number of aromatic amines is 1. The standard InChI is InChI=1S/C7H5N3S/c8-1-4-2-10-6-5(9)3-11-7(4)6/h2-3,10H,9H2. The van der Waals surface area contributed by atoms with Crippen molar-refractivity contribution < 1.29 is 0 Å². The molecule has 3 N–H and O–H groups in total. The predicted octanol–water partition coefficient (Wildman–Crippen LogP) is 1.68. The summed E-state index contributed by atoms with van der Waals surface area (Å²) in [4.78, 5) is 2.95. The molecule has 0 bridgehead atoms. The minimum absolute atomic E-state index is 0.668. The second-order valence-corrected chi connectivity index (χ2v) is 3.09. The Morgan fingerprint density at radius 1 is 1.64 bits per heavy atom. The molecule has 4 heteroatoms. The third-order valence-electron chi connectivity index (χ3n) is 1.55. The van der Waals surface area contributed by atoms with Crippen molar-refractivity contribution in [2.45, 2.75) is 0 Å². The lowest BCUT2D eigenvalue weighted by Gasteiger charge is -1.79. The number of nitrogens with one attached hydrogen (secondary N) is 1. The van der Waals surface area contributed by atoms with Crippen LogP contribution < -0.4 is 5.73 Å².